The maximum atomic E-state index is 11.8. The van der Waals surface area contributed by atoms with Gasteiger partial charge in [-0.3, -0.25) is 4.79 Å². The molecule has 1 aromatic heterocycles. The number of sulfone groups is 1. The number of aromatic amines is 1. The van der Waals surface area contributed by atoms with E-state index in [2.05, 4.69) is 9.97 Å². The first kappa shape index (κ1) is 21.5. The van der Waals surface area contributed by atoms with Gasteiger partial charge in [0, 0.05) is 30.1 Å². The number of hydrogen-bond donors (Lipinski definition) is 2. The molecular weight excluding hydrogens is 408 g/mol. The number of aliphatic hydroxyl groups is 1. The van der Waals surface area contributed by atoms with Gasteiger partial charge in [0.2, 0.25) is 0 Å². The van der Waals surface area contributed by atoms with E-state index in [1.54, 1.807) is 44.2 Å². The molecule has 0 saturated carbocycles. The van der Waals surface area contributed by atoms with Gasteiger partial charge >= 0.3 is 0 Å². The minimum Gasteiger partial charge on any atom is -0.488 e. The fourth-order valence-corrected chi connectivity index (χ4v) is 3.82. The molecule has 0 aliphatic rings. The summed E-state index contributed by atoms with van der Waals surface area (Å²) in [6.07, 6.45) is 2.09. The zero-order valence-corrected chi connectivity index (χ0v) is 17.6. The largest absolute Gasteiger partial charge is 0.488 e. The van der Waals surface area contributed by atoms with Crippen LogP contribution in [0.25, 0.3) is 11.4 Å². The molecule has 2 N–H and O–H groups in total. The summed E-state index contributed by atoms with van der Waals surface area (Å²) in [7, 11) is -3.33. The van der Waals surface area contributed by atoms with Crippen molar-refractivity contribution in [3.8, 4) is 28.6 Å². The van der Waals surface area contributed by atoms with Gasteiger partial charge < -0.3 is 19.6 Å². The SMILES string of the molecule is Cc1cc(Oc2cc(O[C@@H](C)CO)cc(-c3nccc(=O)[nH]3)c2)ccc1S(C)(=O)=O. The van der Waals surface area contributed by atoms with Gasteiger partial charge in [-0.25, -0.2) is 13.4 Å². The topological polar surface area (TPSA) is 119 Å². The Kier molecular flexibility index (Phi) is 6.23. The lowest BCUT2D eigenvalue weighted by atomic mass is 10.1. The Morgan fingerprint density at radius 3 is 2.47 bits per heavy atom. The third-order valence-electron chi connectivity index (χ3n) is 4.20. The van der Waals surface area contributed by atoms with Crippen molar-refractivity contribution in [3.05, 3.63) is 64.6 Å². The van der Waals surface area contributed by atoms with Crippen LogP contribution in [0.3, 0.4) is 0 Å². The molecule has 0 saturated heterocycles. The van der Waals surface area contributed by atoms with Gasteiger partial charge in [0.1, 0.15) is 29.2 Å². The summed E-state index contributed by atoms with van der Waals surface area (Å²) >= 11 is 0. The van der Waals surface area contributed by atoms with Crippen LogP contribution in [0.5, 0.6) is 17.2 Å². The lowest BCUT2D eigenvalue weighted by molar-refractivity contribution is 0.129. The zero-order chi connectivity index (χ0) is 21.9. The molecule has 158 valence electrons. The van der Waals surface area contributed by atoms with Crippen LogP contribution in [-0.4, -0.2) is 42.5 Å². The number of ether oxygens (including phenoxy) is 2. The van der Waals surface area contributed by atoms with E-state index in [1.807, 2.05) is 0 Å². The maximum Gasteiger partial charge on any atom is 0.251 e. The second-order valence-electron chi connectivity index (χ2n) is 6.89. The van der Waals surface area contributed by atoms with Crippen molar-refractivity contribution in [1.29, 1.82) is 0 Å². The molecule has 1 heterocycles. The normalized spacial score (nSPS) is 12.4. The van der Waals surface area contributed by atoms with Crippen molar-refractivity contribution < 1.29 is 23.0 Å². The Morgan fingerprint density at radius 2 is 1.83 bits per heavy atom. The Morgan fingerprint density at radius 1 is 1.10 bits per heavy atom. The summed E-state index contributed by atoms with van der Waals surface area (Å²) in [6, 6.07) is 11.0. The molecule has 0 spiro atoms. The van der Waals surface area contributed by atoms with Crippen molar-refractivity contribution >= 4 is 9.84 Å². The molecule has 8 nitrogen and oxygen atoms in total. The van der Waals surface area contributed by atoms with Crippen molar-refractivity contribution in [2.24, 2.45) is 0 Å². The maximum absolute atomic E-state index is 11.8. The Bertz CT molecular complexity index is 1220. The molecule has 1 atom stereocenters. The molecule has 0 bridgehead atoms. The summed E-state index contributed by atoms with van der Waals surface area (Å²) in [4.78, 5) is 18.7. The van der Waals surface area contributed by atoms with E-state index in [9.17, 15) is 18.3 Å². The van der Waals surface area contributed by atoms with Crippen LogP contribution in [0, 0.1) is 6.92 Å². The van der Waals surface area contributed by atoms with E-state index in [1.165, 1.54) is 18.3 Å². The van der Waals surface area contributed by atoms with Gasteiger partial charge in [-0.1, -0.05) is 0 Å². The zero-order valence-electron chi connectivity index (χ0n) is 16.7. The van der Waals surface area contributed by atoms with Crippen LogP contribution in [0.4, 0.5) is 0 Å². The number of rotatable bonds is 7. The van der Waals surface area contributed by atoms with Crippen LogP contribution in [0.15, 0.2) is 58.4 Å². The van der Waals surface area contributed by atoms with Crippen LogP contribution in [-0.2, 0) is 9.84 Å². The first-order valence-electron chi connectivity index (χ1n) is 9.12. The van der Waals surface area contributed by atoms with E-state index in [0.29, 0.717) is 34.2 Å². The Labute approximate surface area is 174 Å². The number of aliphatic hydroxyl groups excluding tert-OH is 1. The summed E-state index contributed by atoms with van der Waals surface area (Å²) in [6.45, 7) is 3.23. The number of nitrogens with one attached hydrogen (secondary N) is 1. The van der Waals surface area contributed by atoms with E-state index < -0.39 is 15.9 Å². The van der Waals surface area contributed by atoms with Gasteiger partial charge in [-0.15, -0.1) is 0 Å². The molecule has 9 heteroatoms. The second-order valence-corrected chi connectivity index (χ2v) is 8.87. The Hall–Kier alpha value is -3.17. The molecule has 0 amide bonds. The molecule has 3 aromatic rings. The van der Waals surface area contributed by atoms with Crippen LogP contribution >= 0.6 is 0 Å². The summed E-state index contributed by atoms with van der Waals surface area (Å²) in [5, 5.41) is 9.28. The van der Waals surface area contributed by atoms with Gasteiger partial charge in [0.25, 0.3) is 5.56 Å². The number of aryl methyl sites for hydroxylation is 1. The molecule has 0 aliphatic heterocycles. The summed E-state index contributed by atoms with van der Waals surface area (Å²) in [5.74, 6) is 1.58. The number of benzene rings is 2. The highest BCUT2D eigenvalue weighted by Gasteiger charge is 2.13. The third kappa shape index (κ3) is 5.25. The minimum atomic E-state index is -3.33. The fourth-order valence-electron chi connectivity index (χ4n) is 2.86. The molecule has 2 aromatic carbocycles. The highest BCUT2D eigenvalue weighted by molar-refractivity contribution is 7.90. The molecule has 30 heavy (non-hydrogen) atoms. The minimum absolute atomic E-state index is 0.174. The molecule has 0 aliphatic carbocycles. The van der Waals surface area contributed by atoms with E-state index >= 15 is 0 Å². The number of hydrogen-bond acceptors (Lipinski definition) is 7. The molecule has 3 rings (SSSR count). The summed E-state index contributed by atoms with van der Waals surface area (Å²) < 4.78 is 35.2. The van der Waals surface area contributed by atoms with Crippen molar-refractivity contribution in [3.63, 3.8) is 0 Å². The van der Waals surface area contributed by atoms with Gasteiger partial charge in [-0.05, 0) is 49.7 Å². The van der Waals surface area contributed by atoms with E-state index in [0.717, 1.165) is 6.26 Å². The van der Waals surface area contributed by atoms with E-state index in [-0.39, 0.29) is 17.1 Å². The Balaban J connectivity index is 2.01. The molecule has 0 unspecified atom stereocenters. The van der Waals surface area contributed by atoms with Gasteiger partial charge in [-0.2, -0.15) is 0 Å². The molecule has 0 radical (unpaired) electrons. The van der Waals surface area contributed by atoms with Crippen LogP contribution in [0.2, 0.25) is 0 Å². The number of H-pyrrole nitrogens is 1. The standard InChI is InChI=1S/C21H22N2O6S/c1-13-8-16(4-5-19(13)30(3,26)27)29-18-10-15(21-22-7-6-20(25)23-21)9-17(11-18)28-14(2)12-24/h4-11,14,24H,12H2,1-3H3,(H,22,23,25)/t14-/m0/s1. The highest BCUT2D eigenvalue weighted by Crippen LogP contribution is 2.32. The predicted octanol–water partition coefficient (Wildman–Crippen LogP) is 2.70. The van der Waals surface area contributed by atoms with Gasteiger partial charge in [0.05, 0.1) is 11.5 Å². The second kappa shape index (κ2) is 8.68. The van der Waals surface area contributed by atoms with Crippen LogP contribution < -0.4 is 15.0 Å². The number of aromatic nitrogens is 2. The molecular formula is C21H22N2O6S. The van der Waals surface area contributed by atoms with Crippen molar-refractivity contribution in [2.45, 2.75) is 24.8 Å². The first-order valence-corrected chi connectivity index (χ1v) is 11.0. The van der Waals surface area contributed by atoms with E-state index in [4.69, 9.17) is 9.47 Å². The van der Waals surface area contributed by atoms with Gasteiger partial charge in [0.15, 0.2) is 9.84 Å². The van der Waals surface area contributed by atoms with Crippen molar-refractivity contribution in [1.82, 2.24) is 9.97 Å². The summed E-state index contributed by atoms with van der Waals surface area (Å²) in [5.41, 5.74) is 0.810. The first-order chi connectivity index (χ1) is 14.2. The highest BCUT2D eigenvalue weighted by atomic mass is 32.2. The monoisotopic (exact) mass is 430 g/mol. The number of nitrogens with zero attached hydrogens (tertiary/aromatic N) is 1. The lowest BCUT2D eigenvalue weighted by Crippen LogP contribution is -2.16. The van der Waals surface area contributed by atoms with Crippen LogP contribution in [0.1, 0.15) is 12.5 Å². The van der Waals surface area contributed by atoms with Crippen molar-refractivity contribution in [2.75, 3.05) is 12.9 Å². The third-order valence-corrected chi connectivity index (χ3v) is 5.46. The predicted molar refractivity (Wildman–Crippen MR) is 112 cm³/mol. The smallest absolute Gasteiger partial charge is 0.251 e. The average molecular weight is 430 g/mol. The fraction of sp³-hybridized carbons (Fsp3) is 0.238. The average Bonchev–Trinajstić information content (AvgIpc) is 2.66. The molecule has 0 fully saturated rings. The lowest BCUT2D eigenvalue weighted by Gasteiger charge is -2.15. The quantitative estimate of drug-likeness (QED) is 0.591.